The summed E-state index contributed by atoms with van der Waals surface area (Å²) in [4.78, 5) is 8.25. The van der Waals surface area contributed by atoms with Crippen LogP contribution in [0, 0.1) is 0 Å². The van der Waals surface area contributed by atoms with Crippen molar-refractivity contribution in [3.8, 4) is 22.3 Å². The Morgan fingerprint density at radius 1 is 0.420 bits per heavy atom. The molecule has 0 saturated carbocycles. The zero-order valence-electron chi connectivity index (χ0n) is 27.1. The molecule has 10 aromatic rings. The molecule has 0 amide bonds. The summed E-state index contributed by atoms with van der Waals surface area (Å²) in [5, 5.41) is 10.1. The van der Waals surface area contributed by atoms with Crippen molar-refractivity contribution in [1.82, 2.24) is 4.98 Å². The van der Waals surface area contributed by atoms with Gasteiger partial charge in [0.25, 0.3) is 0 Å². The fourth-order valence-corrected chi connectivity index (χ4v) is 8.65. The van der Waals surface area contributed by atoms with E-state index >= 15 is 0 Å². The highest BCUT2D eigenvalue weighted by molar-refractivity contribution is 7.25. The molecule has 0 bridgehead atoms. The highest BCUT2D eigenvalue weighted by atomic mass is 32.1. The molecule has 0 aliphatic rings. The van der Waals surface area contributed by atoms with E-state index in [0.29, 0.717) is 0 Å². The van der Waals surface area contributed by atoms with Crippen LogP contribution in [-0.2, 0) is 0 Å². The maximum Gasteiger partial charge on any atom is 0.126 e. The van der Waals surface area contributed by atoms with Crippen LogP contribution in [0.25, 0.3) is 74.9 Å². The van der Waals surface area contributed by atoms with Gasteiger partial charge in [0.05, 0.1) is 5.69 Å². The Kier molecular flexibility index (Phi) is 6.71. The molecule has 234 valence electrons. The van der Waals surface area contributed by atoms with E-state index in [1.54, 1.807) is 11.3 Å². The molecule has 3 heteroatoms. The van der Waals surface area contributed by atoms with Gasteiger partial charge in [-0.25, -0.2) is 4.98 Å². The van der Waals surface area contributed by atoms with Crippen LogP contribution < -0.4 is 4.90 Å². The normalized spacial score (nSPS) is 11.6. The minimum atomic E-state index is 1.04. The maximum absolute atomic E-state index is 4.82. The second-order valence-corrected chi connectivity index (χ2v) is 13.8. The molecule has 0 aliphatic carbocycles. The van der Waals surface area contributed by atoms with Gasteiger partial charge in [-0.2, -0.15) is 0 Å². The molecule has 50 heavy (non-hydrogen) atoms. The van der Waals surface area contributed by atoms with E-state index in [1.165, 1.54) is 70.0 Å². The molecule has 10 rings (SSSR count). The zero-order chi connectivity index (χ0) is 33.0. The molecule has 2 aromatic heterocycles. The fourth-order valence-electron chi connectivity index (χ4n) is 7.58. The molecule has 0 radical (unpaired) electrons. The Labute approximate surface area is 294 Å². The van der Waals surface area contributed by atoms with E-state index < -0.39 is 0 Å². The van der Waals surface area contributed by atoms with Gasteiger partial charge in [0.1, 0.15) is 4.83 Å². The summed E-state index contributed by atoms with van der Waals surface area (Å²) in [6.07, 6.45) is 1.94. The SMILES string of the molecule is c1ccc(-c2ccc(N(c3ccc(-c4cc5ccc6ccccc6c5c5ccccc45)cc3)c3ccnc4sc5ccccc5c34)cc2)cc1. The first-order valence-corrected chi connectivity index (χ1v) is 17.8. The van der Waals surface area contributed by atoms with Crippen LogP contribution in [0.15, 0.2) is 182 Å². The summed E-state index contributed by atoms with van der Waals surface area (Å²) in [6, 6.07) is 63.8. The molecule has 2 nitrogen and oxygen atoms in total. The van der Waals surface area contributed by atoms with Crippen molar-refractivity contribution in [1.29, 1.82) is 0 Å². The Bertz CT molecular complexity index is 2850. The number of fused-ring (bicyclic) bond motifs is 8. The number of anilines is 3. The molecule has 0 atom stereocenters. The summed E-state index contributed by atoms with van der Waals surface area (Å²) in [7, 11) is 0. The number of nitrogens with zero attached hydrogens (tertiary/aromatic N) is 2. The third-order valence-corrected chi connectivity index (χ3v) is 11.0. The van der Waals surface area contributed by atoms with Crippen molar-refractivity contribution in [2.75, 3.05) is 4.90 Å². The lowest BCUT2D eigenvalue weighted by Crippen LogP contribution is -2.10. The van der Waals surface area contributed by atoms with E-state index in [0.717, 1.165) is 21.9 Å². The van der Waals surface area contributed by atoms with Crippen LogP contribution in [0.1, 0.15) is 0 Å². The monoisotopic (exact) mass is 654 g/mol. The minimum Gasteiger partial charge on any atom is -0.310 e. The molecule has 2 heterocycles. The first-order valence-electron chi connectivity index (χ1n) is 17.0. The average Bonchev–Trinajstić information content (AvgIpc) is 3.58. The molecule has 0 spiro atoms. The minimum absolute atomic E-state index is 1.04. The van der Waals surface area contributed by atoms with Gasteiger partial charge in [-0.3, -0.25) is 0 Å². The van der Waals surface area contributed by atoms with Gasteiger partial charge in [0.2, 0.25) is 0 Å². The first-order chi connectivity index (χ1) is 24.8. The molecule has 0 unspecified atom stereocenters. The fraction of sp³-hybridized carbons (Fsp3) is 0. The lowest BCUT2D eigenvalue weighted by molar-refractivity contribution is 1.29. The molecule has 8 aromatic carbocycles. The molecule has 0 fully saturated rings. The maximum atomic E-state index is 4.82. The molecule has 0 saturated heterocycles. The van der Waals surface area contributed by atoms with E-state index in [1.807, 2.05) is 6.20 Å². The standard InChI is InChI=1S/C47H30N2S/c1-2-10-31(11-3-1)32-20-24-36(25-21-32)49(43-28-29-48-47-46(43)41-16-8-9-17-44(41)50-47)37-26-22-34(23-27-37)42-30-35-19-18-33-12-4-5-13-38(33)45(35)40-15-7-6-14-39(40)42/h1-30H. The van der Waals surface area contributed by atoms with Gasteiger partial charge in [0.15, 0.2) is 0 Å². The number of rotatable bonds is 5. The second kappa shape index (κ2) is 11.7. The summed E-state index contributed by atoms with van der Waals surface area (Å²) in [6.45, 7) is 0. The first kappa shape index (κ1) is 28.7. The van der Waals surface area contributed by atoms with Gasteiger partial charge in [-0.1, -0.05) is 133 Å². The van der Waals surface area contributed by atoms with Gasteiger partial charge < -0.3 is 4.90 Å². The highest BCUT2D eigenvalue weighted by Crippen LogP contribution is 2.45. The quantitative estimate of drug-likeness (QED) is 0.172. The average molecular weight is 655 g/mol. The van der Waals surface area contributed by atoms with Crippen LogP contribution in [0.3, 0.4) is 0 Å². The third-order valence-electron chi connectivity index (χ3n) is 9.91. The predicted molar refractivity (Wildman–Crippen MR) is 215 cm³/mol. The van der Waals surface area contributed by atoms with Crippen molar-refractivity contribution < 1.29 is 0 Å². The van der Waals surface area contributed by atoms with Crippen LogP contribution >= 0.6 is 11.3 Å². The Hall–Kier alpha value is -6.29. The topological polar surface area (TPSA) is 16.1 Å². The highest BCUT2D eigenvalue weighted by Gasteiger charge is 2.20. The van der Waals surface area contributed by atoms with Crippen molar-refractivity contribution in [3.63, 3.8) is 0 Å². The summed E-state index contributed by atoms with van der Waals surface area (Å²) >= 11 is 1.75. The van der Waals surface area contributed by atoms with Crippen LogP contribution in [0.2, 0.25) is 0 Å². The zero-order valence-corrected chi connectivity index (χ0v) is 27.9. The summed E-state index contributed by atoms with van der Waals surface area (Å²) in [5.41, 5.74) is 8.16. The molecule has 0 aliphatic heterocycles. The number of thiophene rings is 1. The molecule has 0 N–H and O–H groups in total. The lowest BCUT2D eigenvalue weighted by atomic mass is 9.90. The van der Waals surface area contributed by atoms with Crippen molar-refractivity contribution in [3.05, 3.63) is 182 Å². The summed E-state index contributed by atoms with van der Waals surface area (Å²) < 4.78 is 1.24. The molecular weight excluding hydrogens is 625 g/mol. The predicted octanol–water partition coefficient (Wildman–Crippen LogP) is 13.7. The summed E-state index contributed by atoms with van der Waals surface area (Å²) in [5.74, 6) is 0. The number of aromatic nitrogens is 1. The van der Waals surface area contributed by atoms with Crippen molar-refractivity contribution >= 4 is 81.0 Å². The van der Waals surface area contributed by atoms with Gasteiger partial charge in [-0.05, 0) is 97.0 Å². The van der Waals surface area contributed by atoms with Gasteiger partial charge in [-0.15, -0.1) is 11.3 Å². The second-order valence-electron chi connectivity index (χ2n) is 12.8. The molecular formula is C47H30N2S. The lowest BCUT2D eigenvalue weighted by Gasteiger charge is -2.27. The Morgan fingerprint density at radius 3 is 1.80 bits per heavy atom. The van der Waals surface area contributed by atoms with E-state index in [2.05, 4.69) is 181 Å². The van der Waals surface area contributed by atoms with Gasteiger partial charge >= 0.3 is 0 Å². The van der Waals surface area contributed by atoms with Crippen LogP contribution in [0.5, 0.6) is 0 Å². The Balaban J connectivity index is 1.15. The van der Waals surface area contributed by atoms with E-state index in [9.17, 15) is 0 Å². The van der Waals surface area contributed by atoms with E-state index in [-0.39, 0.29) is 0 Å². The van der Waals surface area contributed by atoms with Crippen molar-refractivity contribution in [2.24, 2.45) is 0 Å². The number of hydrogen-bond acceptors (Lipinski definition) is 3. The van der Waals surface area contributed by atoms with Crippen LogP contribution in [-0.4, -0.2) is 4.98 Å². The number of hydrogen-bond donors (Lipinski definition) is 0. The van der Waals surface area contributed by atoms with E-state index in [4.69, 9.17) is 4.98 Å². The smallest absolute Gasteiger partial charge is 0.126 e. The van der Waals surface area contributed by atoms with Crippen molar-refractivity contribution in [2.45, 2.75) is 0 Å². The largest absolute Gasteiger partial charge is 0.310 e. The number of benzene rings is 8. The number of pyridine rings is 1. The van der Waals surface area contributed by atoms with Gasteiger partial charge in [0, 0.05) is 33.0 Å². The third kappa shape index (κ3) is 4.67. The Morgan fingerprint density at radius 2 is 1.02 bits per heavy atom. The van der Waals surface area contributed by atoms with Crippen LogP contribution in [0.4, 0.5) is 17.1 Å².